The number of nitrogens with one attached hydrogen (secondary N) is 1. The SMILES string of the molecule is CCCCc1cc(COC)nn1Cc1ccc(-c2ncccc2S(=O)(=O)Nc2onc(C)c2C)c(COCC)c1. The molecule has 0 unspecified atom stereocenters. The molecule has 1 N–H and O–H groups in total. The first-order valence-corrected chi connectivity index (χ1v) is 14.9. The number of benzene rings is 1. The van der Waals surface area contributed by atoms with Crippen LogP contribution in [-0.4, -0.2) is 42.1 Å². The lowest BCUT2D eigenvalue weighted by Gasteiger charge is -2.16. The molecule has 0 radical (unpaired) electrons. The molecule has 0 atom stereocenters. The number of pyridine rings is 1. The van der Waals surface area contributed by atoms with Crippen LogP contribution < -0.4 is 4.72 Å². The molecule has 10 nitrogen and oxygen atoms in total. The first kappa shape index (κ1) is 29.4. The summed E-state index contributed by atoms with van der Waals surface area (Å²) in [7, 11) is -2.36. The number of aryl methyl sites for hydroxylation is 2. The summed E-state index contributed by atoms with van der Waals surface area (Å²) in [5.74, 6) is 0.0862. The number of anilines is 1. The van der Waals surface area contributed by atoms with Gasteiger partial charge in [-0.3, -0.25) is 9.67 Å². The van der Waals surface area contributed by atoms with E-state index in [9.17, 15) is 8.42 Å². The fraction of sp³-hybridized carbons (Fsp3) is 0.414. The number of hydrogen-bond donors (Lipinski definition) is 1. The zero-order chi connectivity index (χ0) is 28.7. The van der Waals surface area contributed by atoms with Gasteiger partial charge in [0.05, 0.1) is 36.8 Å². The molecule has 214 valence electrons. The Kier molecular flexibility index (Phi) is 9.72. The smallest absolute Gasteiger partial charge is 0.266 e. The number of ether oxygens (including phenoxy) is 2. The molecule has 0 saturated heterocycles. The Bertz CT molecular complexity index is 1540. The van der Waals surface area contributed by atoms with Crippen LogP contribution in [0, 0.1) is 13.8 Å². The molecule has 11 heteroatoms. The Morgan fingerprint density at radius 1 is 1.10 bits per heavy atom. The van der Waals surface area contributed by atoms with Crippen LogP contribution in [0.2, 0.25) is 0 Å². The van der Waals surface area contributed by atoms with Gasteiger partial charge in [-0.2, -0.15) is 5.10 Å². The molecule has 0 bridgehead atoms. The van der Waals surface area contributed by atoms with Crippen LogP contribution in [0.25, 0.3) is 11.3 Å². The van der Waals surface area contributed by atoms with Crippen molar-refractivity contribution in [3.63, 3.8) is 0 Å². The summed E-state index contributed by atoms with van der Waals surface area (Å²) in [4.78, 5) is 4.52. The van der Waals surface area contributed by atoms with Gasteiger partial charge < -0.3 is 14.0 Å². The summed E-state index contributed by atoms with van der Waals surface area (Å²) in [6.07, 6.45) is 4.68. The third kappa shape index (κ3) is 6.78. The lowest BCUT2D eigenvalue weighted by Crippen LogP contribution is -2.15. The average molecular weight is 568 g/mol. The minimum atomic E-state index is -4.03. The van der Waals surface area contributed by atoms with Gasteiger partial charge in [0.1, 0.15) is 4.90 Å². The Hall–Kier alpha value is -3.54. The maximum Gasteiger partial charge on any atom is 0.266 e. The summed E-state index contributed by atoms with van der Waals surface area (Å²) in [5.41, 5.74) is 6.16. The average Bonchev–Trinajstić information content (AvgIpc) is 3.47. The highest BCUT2D eigenvalue weighted by atomic mass is 32.2. The standard InChI is InChI=1S/C29H37N5O5S/c1-6-8-10-25-16-24(19-37-5)31-34(25)17-22-12-13-26(23(15-22)18-38-7-2)28-27(11-9-14-30-28)40(35,36)33-29-20(3)21(4)32-39-29/h9,11-16,33H,6-8,10,17-19H2,1-5H3. The van der Waals surface area contributed by atoms with Gasteiger partial charge in [0.2, 0.25) is 5.88 Å². The number of aromatic nitrogens is 4. The van der Waals surface area contributed by atoms with E-state index in [1.807, 2.05) is 29.8 Å². The molecule has 0 spiro atoms. The lowest BCUT2D eigenvalue weighted by molar-refractivity contribution is 0.134. The second-order valence-electron chi connectivity index (χ2n) is 9.63. The molecule has 0 amide bonds. The molecule has 0 aliphatic heterocycles. The predicted molar refractivity (Wildman–Crippen MR) is 152 cm³/mol. The van der Waals surface area contributed by atoms with E-state index in [0.29, 0.717) is 48.9 Å². The summed E-state index contributed by atoms with van der Waals surface area (Å²) >= 11 is 0. The van der Waals surface area contributed by atoms with Gasteiger partial charge in [0.25, 0.3) is 10.0 Å². The largest absolute Gasteiger partial charge is 0.378 e. The van der Waals surface area contributed by atoms with Crippen LogP contribution in [0.3, 0.4) is 0 Å². The van der Waals surface area contributed by atoms with E-state index in [4.69, 9.17) is 19.1 Å². The van der Waals surface area contributed by atoms with Crippen LogP contribution >= 0.6 is 0 Å². The van der Waals surface area contributed by atoms with Crippen molar-refractivity contribution < 1.29 is 22.4 Å². The molecule has 1 aromatic carbocycles. The summed E-state index contributed by atoms with van der Waals surface area (Å²) in [5, 5.41) is 8.61. The maximum absolute atomic E-state index is 13.5. The van der Waals surface area contributed by atoms with Gasteiger partial charge in [-0.25, -0.2) is 13.1 Å². The van der Waals surface area contributed by atoms with Crippen molar-refractivity contribution in [2.75, 3.05) is 18.4 Å². The molecule has 0 aliphatic rings. The number of rotatable bonds is 14. The van der Waals surface area contributed by atoms with Crippen LogP contribution in [0.5, 0.6) is 0 Å². The minimum Gasteiger partial charge on any atom is -0.378 e. The number of hydrogen-bond acceptors (Lipinski definition) is 8. The quantitative estimate of drug-likeness (QED) is 0.214. The molecule has 3 aromatic heterocycles. The van der Waals surface area contributed by atoms with E-state index < -0.39 is 10.0 Å². The number of nitrogens with zero attached hydrogens (tertiary/aromatic N) is 4. The topological polar surface area (TPSA) is 121 Å². The predicted octanol–water partition coefficient (Wildman–Crippen LogP) is 5.42. The van der Waals surface area contributed by atoms with Gasteiger partial charge in [-0.05, 0) is 62.9 Å². The van der Waals surface area contributed by atoms with Crippen LogP contribution in [0.4, 0.5) is 5.88 Å². The number of unbranched alkanes of at least 4 members (excludes halogenated alkanes) is 1. The Labute approximate surface area is 235 Å². The second kappa shape index (κ2) is 13.2. The molecule has 3 heterocycles. The van der Waals surface area contributed by atoms with E-state index in [1.54, 1.807) is 33.2 Å². The van der Waals surface area contributed by atoms with Gasteiger partial charge in [-0.1, -0.05) is 36.7 Å². The zero-order valence-corrected chi connectivity index (χ0v) is 24.5. The molecule has 0 fully saturated rings. The van der Waals surface area contributed by atoms with Gasteiger partial charge in [0, 0.05) is 36.7 Å². The Balaban J connectivity index is 1.71. The fourth-order valence-corrected chi connectivity index (χ4v) is 5.63. The Morgan fingerprint density at radius 2 is 1.93 bits per heavy atom. The van der Waals surface area contributed by atoms with Gasteiger partial charge in [-0.15, -0.1) is 0 Å². The second-order valence-corrected chi connectivity index (χ2v) is 11.3. The maximum atomic E-state index is 13.5. The Morgan fingerprint density at radius 3 is 2.62 bits per heavy atom. The molecular formula is C29H37N5O5S. The minimum absolute atomic E-state index is 0.0343. The third-order valence-corrected chi connectivity index (χ3v) is 8.02. The summed E-state index contributed by atoms with van der Waals surface area (Å²) < 4.78 is 47.8. The molecule has 40 heavy (non-hydrogen) atoms. The molecule has 4 aromatic rings. The lowest BCUT2D eigenvalue weighted by atomic mass is 10.0. The van der Waals surface area contributed by atoms with Gasteiger partial charge in [0.15, 0.2) is 0 Å². The van der Waals surface area contributed by atoms with E-state index >= 15 is 0 Å². The van der Waals surface area contributed by atoms with Crippen molar-refractivity contribution in [2.24, 2.45) is 0 Å². The van der Waals surface area contributed by atoms with Gasteiger partial charge >= 0.3 is 0 Å². The van der Waals surface area contributed by atoms with Crippen molar-refractivity contribution in [1.82, 2.24) is 19.9 Å². The van der Waals surface area contributed by atoms with E-state index in [0.717, 1.165) is 41.8 Å². The zero-order valence-electron chi connectivity index (χ0n) is 23.7. The molecular weight excluding hydrogens is 530 g/mol. The van der Waals surface area contributed by atoms with Crippen molar-refractivity contribution in [3.05, 3.63) is 76.4 Å². The van der Waals surface area contributed by atoms with Crippen molar-refractivity contribution in [3.8, 4) is 11.3 Å². The normalized spacial score (nSPS) is 11.7. The van der Waals surface area contributed by atoms with E-state index in [1.165, 1.54) is 6.07 Å². The summed E-state index contributed by atoms with van der Waals surface area (Å²) in [6, 6.07) is 11.1. The molecule has 0 saturated carbocycles. The first-order valence-electron chi connectivity index (χ1n) is 13.4. The van der Waals surface area contributed by atoms with E-state index in [2.05, 4.69) is 27.9 Å². The van der Waals surface area contributed by atoms with Crippen molar-refractivity contribution in [1.29, 1.82) is 0 Å². The van der Waals surface area contributed by atoms with E-state index in [-0.39, 0.29) is 10.8 Å². The monoisotopic (exact) mass is 567 g/mol. The van der Waals surface area contributed by atoms with Crippen LogP contribution in [0.1, 0.15) is 60.5 Å². The highest BCUT2D eigenvalue weighted by molar-refractivity contribution is 7.92. The van der Waals surface area contributed by atoms with Crippen LogP contribution in [0.15, 0.2) is 52.0 Å². The number of sulfonamides is 1. The first-order chi connectivity index (χ1) is 19.3. The van der Waals surface area contributed by atoms with Crippen molar-refractivity contribution >= 4 is 15.9 Å². The van der Waals surface area contributed by atoms with Crippen molar-refractivity contribution in [2.45, 2.75) is 71.6 Å². The molecule has 4 rings (SSSR count). The highest BCUT2D eigenvalue weighted by Crippen LogP contribution is 2.31. The fourth-order valence-electron chi connectivity index (χ4n) is 4.41. The molecule has 0 aliphatic carbocycles. The summed E-state index contributed by atoms with van der Waals surface area (Å²) in [6.45, 7) is 9.45. The number of methoxy groups -OCH3 is 1. The highest BCUT2D eigenvalue weighted by Gasteiger charge is 2.25. The van der Waals surface area contributed by atoms with Crippen LogP contribution in [-0.2, 0) is 45.7 Å². The third-order valence-electron chi connectivity index (χ3n) is 6.66.